The van der Waals surface area contributed by atoms with Crippen molar-refractivity contribution in [1.82, 2.24) is 5.43 Å². The van der Waals surface area contributed by atoms with E-state index < -0.39 is 0 Å². The van der Waals surface area contributed by atoms with Crippen LogP contribution in [0.15, 0.2) is 53.6 Å². The second kappa shape index (κ2) is 7.36. The van der Waals surface area contributed by atoms with Gasteiger partial charge in [-0.25, -0.2) is 9.82 Å². The van der Waals surface area contributed by atoms with Crippen LogP contribution in [0.1, 0.15) is 29.8 Å². The smallest absolute Gasteiger partial charge is 0.271 e. The van der Waals surface area contributed by atoms with Crippen LogP contribution in [-0.4, -0.2) is 18.2 Å². The number of hydrogen-bond donors (Lipinski definition) is 1. The zero-order valence-corrected chi connectivity index (χ0v) is 12.5. The normalized spacial score (nSPS) is 11.1. The lowest BCUT2D eigenvalue weighted by molar-refractivity contribution is 0.0955. The third-order valence-corrected chi connectivity index (χ3v) is 3.01. The molecular weight excluding hydrogens is 283 g/mol. The molecule has 0 fully saturated rings. The molecule has 0 heterocycles. The maximum atomic E-state index is 12.9. The third-order valence-electron chi connectivity index (χ3n) is 3.01. The number of ether oxygens (including phenoxy) is 1. The number of carbonyl (C=O) groups is 1. The van der Waals surface area contributed by atoms with Gasteiger partial charge in [-0.05, 0) is 55.8 Å². The maximum absolute atomic E-state index is 12.9. The van der Waals surface area contributed by atoms with Crippen LogP contribution in [0.25, 0.3) is 0 Å². The minimum atomic E-state index is -0.315. The molecule has 0 atom stereocenters. The Kier molecular flexibility index (Phi) is 5.25. The first kappa shape index (κ1) is 15.7. The van der Waals surface area contributed by atoms with Crippen LogP contribution in [0.2, 0.25) is 0 Å². The van der Waals surface area contributed by atoms with E-state index in [1.807, 2.05) is 6.92 Å². The van der Waals surface area contributed by atoms with Gasteiger partial charge in [0.1, 0.15) is 11.6 Å². The average molecular weight is 300 g/mol. The molecule has 2 rings (SSSR count). The van der Waals surface area contributed by atoms with Gasteiger partial charge in [-0.3, -0.25) is 4.79 Å². The summed E-state index contributed by atoms with van der Waals surface area (Å²) in [5.41, 5.74) is 4.30. The molecule has 0 radical (unpaired) electrons. The van der Waals surface area contributed by atoms with Gasteiger partial charge in [-0.2, -0.15) is 5.10 Å². The molecule has 0 aliphatic heterocycles. The van der Waals surface area contributed by atoms with E-state index >= 15 is 0 Å². The van der Waals surface area contributed by atoms with Gasteiger partial charge in [0.15, 0.2) is 0 Å². The number of hydrazone groups is 1. The summed E-state index contributed by atoms with van der Waals surface area (Å²) in [7, 11) is 0. The van der Waals surface area contributed by atoms with E-state index in [0.29, 0.717) is 23.6 Å². The van der Waals surface area contributed by atoms with Crippen LogP contribution in [-0.2, 0) is 0 Å². The molecule has 1 amide bonds. The van der Waals surface area contributed by atoms with Crippen molar-refractivity contribution < 1.29 is 13.9 Å². The summed E-state index contributed by atoms with van der Waals surface area (Å²) < 4.78 is 18.2. The summed E-state index contributed by atoms with van der Waals surface area (Å²) in [6.07, 6.45) is 0. The number of amides is 1. The first-order valence-corrected chi connectivity index (χ1v) is 6.93. The molecule has 0 saturated carbocycles. The molecular formula is C17H17FN2O2. The van der Waals surface area contributed by atoms with Crippen molar-refractivity contribution in [3.05, 3.63) is 65.5 Å². The van der Waals surface area contributed by atoms with Crippen molar-refractivity contribution in [2.24, 2.45) is 5.10 Å². The zero-order valence-electron chi connectivity index (χ0n) is 12.5. The summed E-state index contributed by atoms with van der Waals surface area (Å²) in [5, 5.41) is 4.02. The van der Waals surface area contributed by atoms with Gasteiger partial charge >= 0.3 is 0 Å². The molecule has 0 saturated heterocycles. The molecule has 0 bridgehead atoms. The molecule has 114 valence electrons. The van der Waals surface area contributed by atoms with Crippen molar-refractivity contribution in [2.45, 2.75) is 13.8 Å². The van der Waals surface area contributed by atoms with E-state index in [0.717, 1.165) is 5.56 Å². The van der Waals surface area contributed by atoms with Gasteiger partial charge in [0, 0.05) is 5.56 Å². The SMILES string of the molecule is CCOc1ccc(C(=O)NN=C(C)c2ccc(F)cc2)cc1. The van der Waals surface area contributed by atoms with Crippen molar-refractivity contribution in [3.8, 4) is 5.75 Å². The van der Waals surface area contributed by atoms with Crippen molar-refractivity contribution >= 4 is 11.6 Å². The van der Waals surface area contributed by atoms with Crippen LogP contribution < -0.4 is 10.2 Å². The van der Waals surface area contributed by atoms with Crippen LogP contribution in [0.3, 0.4) is 0 Å². The number of hydrogen-bond acceptors (Lipinski definition) is 3. The minimum absolute atomic E-state index is 0.310. The minimum Gasteiger partial charge on any atom is -0.494 e. The Morgan fingerprint density at radius 2 is 1.68 bits per heavy atom. The fourth-order valence-electron chi connectivity index (χ4n) is 1.82. The van der Waals surface area contributed by atoms with E-state index in [2.05, 4.69) is 10.5 Å². The van der Waals surface area contributed by atoms with E-state index in [9.17, 15) is 9.18 Å². The Balaban J connectivity index is 2.01. The molecule has 0 aliphatic carbocycles. The third kappa shape index (κ3) is 4.15. The fraction of sp³-hybridized carbons (Fsp3) is 0.176. The van der Waals surface area contributed by atoms with Crippen LogP contribution >= 0.6 is 0 Å². The highest BCUT2D eigenvalue weighted by molar-refractivity contribution is 6.00. The first-order chi connectivity index (χ1) is 10.6. The number of benzene rings is 2. The predicted octanol–water partition coefficient (Wildman–Crippen LogP) is 3.38. The van der Waals surface area contributed by atoms with E-state index in [1.54, 1.807) is 43.3 Å². The first-order valence-electron chi connectivity index (χ1n) is 6.93. The van der Waals surface area contributed by atoms with Gasteiger partial charge in [-0.15, -0.1) is 0 Å². The van der Waals surface area contributed by atoms with Gasteiger partial charge in [-0.1, -0.05) is 12.1 Å². The number of nitrogens with zero attached hydrogens (tertiary/aromatic N) is 1. The predicted molar refractivity (Wildman–Crippen MR) is 83.7 cm³/mol. The molecule has 4 nitrogen and oxygen atoms in total. The second-order valence-corrected chi connectivity index (χ2v) is 4.60. The standard InChI is InChI=1S/C17H17FN2O2/c1-3-22-16-10-6-14(7-11-16)17(21)20-19-12(2)13-4-8-15(18)9-5-13/h4-11H,3H2,1-2H3,(H,20,21). The summed E-state index contributed by atoms with van der Waals surface area (Å²) in [4.78, 5) is 12.0. The summed E-state index contributed by atoms with van der Waals surface area (Å²) in [6.45, 7) is 4.21. The topological polar surface area (TPSA) is 50.7 Å². The Hall–Kier alpha value is -2.69. The molecule has 1 N–H and O–H groups in total. The van der Waals surface area contributed by atoms with Crippen molar-refractivity contribution in [2.75, 3.05) is 6.61 Å². The molecule has 2 aromatic rings. The van der Waals surface area contributed by atoms with E-state index in [-0.39, 0.29) is 11.7 Å². The lowest BCUT2D eigenvalue weighted by Gasteiger charge is -2.05. The molecule has 5 heteroatoms. The Morgan fingerprint density at radius 3 is 2.27 bits per heavy atom. The molecule has 0 unspecified atom stereocenters. The highest BCUT2D eigenvalue weighted by Crippen LogP contribution is 2.12. The lowest BCUT2D eigenvalue weighted by atomic mass is 10.1. The molecule has 22 heavy (non-hydrogen) atoms. The zero-order chi connectivity index (χ0) is 15.9. The van der Waals surface area contributed by atoms with Gasteiger partial charge in [0.2, 0.25) is 0 Å². The quantitative estimate of drug-likeness (QED) is 0.680. The number of nitrogens with one attached hydrogen (secondary N) is 1. The highest BCUT2D eigenvalue weighted by atomic mass is 19.1. The molecule has 0 aromatic heterocycles. The summed E-state index contributed by atoms with van der Waals surface area (Å²) in [6, 6.07) is 12.7. The molecule has 0 aliphatic rings. The maximum Gasteiger partial charge on any atom is 0.271 e. The number of halogens is 1. The van der Waals surface area contributed by atoms with Gasteiger partial charge < -0.3 is 4.74 Å². The average Bonchev–Trinajstić information content (AvgIpc) is 2.54. The van der Waals surface area contributed by atoms with Crippen LogP contribution in [0, 0.1) is 5.82 Å². The largest absolute Gasteiger partial charge is 0.494 e. The van der Waals surface area contributed by atoms with E-state index in [4.69, 9.17) is 4.74 Å². The Labute approximate surface area is 128 Å². The van der Waals surface area contributed by atoms with E-state index in [1.165, 1.54) is 12.1 Å². The number of rotatable bonds is 5. The fourth-order valence-corrected chi connectivity index (χ4v) is 1.82. The highest BCUT2D eigenvalue weighted by Gasteiger charge is 2.05. The number of carbonyl (C=O) groups excluding carboxylic acids is 1. The molecule has 0 spiro atoms. The summed E-state index contributed by atoms with van der Waals surface area (Å²) >= 11 is 0. The lowest BCUT2D eigenvalue weighted by Crippen LogP contribution is -2.19. The molecule has 2 aromatic carbocycles. The van der Waals surface area contributed by atoms with Gasteiger partial charge in [0.05, 0.1) is 12.3 Å². The second-order valence-electron chi connectivity index (χ2n) is 4.60. The van der Waals surface area contributed by atoms with Crippen molar-refractivity contribution in [1.29, 1.82) is 0 Å². The summed E-state index contributed by atoms with van der Waals surface area (Å²) in [5.74, 6) is 0.0875. The van der Waals surface area contributed by atoms with Crippen molar-refractivity contribution in [3.63, 3.8) is 0 Å². The van der Waals surface area contributed by atoms with Crippen LogP contribution in [0.5, 0.6) is 5.75 Å². The van der Waals surface area contributed by atoms with Crippen LogP contribution in [0.4, 0.5) is 4.39 Å². The Bertz CT molecular complexity index is 664. The monoisotopic (exact) mass is 300 g/mol. The van der Waals surface area contributed by atoms with Gasteiger partial charge in [0.25, 0.3) is 5.91 Å². The Morgan fingerprint density at radius 1 is 1.09 bits per heavy atom.